The Kier molecular flexibility index (Phi) is 5.74. The van der Waals surface area contributed by atoms with Gasteiger partial charge in [0.25, 0.3) is 5.91 Å². The average molecular weight is 393 g/mol. The second-order valence-corrected chi connectivity index (χ2v) is 8.60. The molecule has 0 N–H and O–H groups in total. The molecule has 1 unspecified atom stereocenters. The standard InChI is InChI=1S/C24H32N4O/c1-18-6-5-11-28(17-18)24(29)21-9-10-23(25-16-21)27-14-12-26(13-15-27)22-8-4-7-19(2)20(22)3/h4,7-10,16,18H,5-6,11-15,17H2,1-3H3. The van der Waals surface area contributed by atoms with Crippen molar-refractivity contribution in [2.45, 2.75) is 33.6 Å². The maximum Gasteiger partial charge on any atom is 0.255 e. The average Bonchev–Trinajstić information content (AvgIpc) is 2.75. The Morgan fingerprint density at radius 3 is 2.45 bits per heavy atom. The van der Waals surface area contributed by atoms with Crippen molar-refractivity contribution in [1.29, 1.82) is 0 Å². The van der Waals surface area contributed by atoms with Crippen LogP contribution in [0, 0.1) is 19.8 Å². The minimum atomic E-state index is 0.121. The predicted molar refractivity (Wildman–Crippen MR) is 119 cm³/mol. The van der Waals surface area contributed by atoms with Gasteiger partial charge in [0.05, 0.1) is 5.56 Å². The van der Waals surface area contributed by atoms with E-state index in [0.29, 0.717) is 11.5 Å². The summed E-state index contributed by atoms with van der Waals surface area (Å²) in [6, 6.07) is 10.5. The van der Waals surface area contributed by atoms with E-state index >= 15 is 0 Å². The number of pyridine rings is 1. The molecule has 5 nitrogen and oxygen atoms in total. The second kappa shape index (κ2) is 8.44. The van der Waals surface area contributed by atoms with Gasteiger partial charge in [-0.2, -0.15) is 0 Å². The summed E-state index contributed by atoms with van der Waals surface area (Å²) < 4.78 is 0. The maximum absolute atomic E-state index is 12.8. The molecule has 2 aromatic rings. The van der Waals surface area contributed by atoms with Crippen LogP contribution in [0.3, 0.4) is 0 Å². The van der Waals surface area contributed by atoms with Crippen LogP contribution in [0.5, 0.6) is 0 Å². The Morgan fingerprint density at radius 2 is 1.76 bits per heavy atom. The number of amides is 1. The Labute approximate surface area is 174 Å². The Hall–Kier alpha value is -2.56. The molecule has 0 radical (unpaired) electrons. The first-order valence-corrected chi connectivity index (χ1v) is 10.8. The third kappa shape index (κ3) is 4.24. The number of aromatic nitrogens is 1. The number of carbonyl (C=O) groups is 1. The van der Waals surface area contributed by atoms with Crippen LogP contribution < -0.4 is 9.80 Å². The zero-order valence-electron chi connectivity index (χ0n) is 17.9. The Morgan fingerprint density at radius 1 is 1.00 bits per heavy atom. The lowest BCUT2D eigenvalue weighted by Gasteiger charge is -2.37. The molecular weight excluding hydrogens is 360 g/mol. The van der Waals surface area contributed by atoms with Crippen molar-refractivity contribution in [2.24, 2.45) is 5.92 Å². The molecule has 29 heavy (non-hydrogen) atoms. The van der Waals surface area contributed by atoms with Crippen molar-refractivity contribution < 1.29 is 4.79 Å². The predicted octanol–water partition coefficient (Wildman–Crippen LogP) is 3.90. The molecule has 0 bridgehead atoms. The fraction of sp³-hybridized carbons (Fsp3) is 0.500. The minimum absolute atomic E-state index is 0.121. The molecule has 2 saturated heterocycles. The molecule has 0 saturated carbocycles. The van der Waals surface area contributed by atoms with Crippen molar-refractivity contribution >= 4 is 17.4 Å². The van der Waals surface area contributed by atoms with E-state index in [9.17, 15) is 4.79 Å². The molecule has 2 aliphatic heterocycles. The van der Waals surface area contributed by atoms with Crippen LogP contribution in [-0.4, -0.2) is 55.1 Å². The first kappa shape index (κ1) is 19.7. The van der Waals surface area contributed by atoms with Gasteiger partial charge in [0.15, 0.2) is 0 Å². The number of nitrogens with zero attached hydrogens (tertiary/aromatic N) is 4. The summed E-state index contributed by atoms with van der Waals surface area (Å²) in [6.45, 7) is 12.2. The number of anilines is 2. The van der Waals surface area contributed by atoms with Crippen LogP contribution in [0.25, 0.3) is 0 Å². The molecule has 1 atom stereocenters. The van der Waals surface area contributed by atoms with E-state index in [1.807, 2.05) is 17.0 Å². The second-order valence-electron chi connectivity index (χ2n) is 8.60. The zero-order valence-corrected chi connectivity index (χ0v) is 17.9. The first-order valence-electron chi connectivity index (χ1n) is 10.8. The van der Waals surface area contributed by atoms with Crippen LogP contribution in [0.15, 0.2) is 36.5 Å². The molecule has 3 heterocycles. The highest BCUT2D eigenvalue weighted by Gasteiger charge is 2.23. The fourth-order valence-corrected chi connectivity index (χ4v) is 4.51. The largest absolute Gasteiger partial charge is 0.368 e. The van der Waals surface area contributed by atoms with Crippen molar-refractivity contribution in [3.8, 4) is 0 Å². The van der Waals surface area contributed by atoms with Gasteiger partial charge in [-0.3, -0.25) is 4.79 Å². The van der Waals surface area contributed by atoms with E-state index in [1.54, 1.807) is 6.20 Å². The van der Waals surface area contributed by atoms with Crippen molar-refractivity contribution in [3.63, 3.8) is 0 Å². The number of aryl methyl sites for hydroxylation is 1. The number of piperidine rings is 1. The van der Waals surface area contributed by atoms with Gasteiger partial charge in [0.1, 0.15) is 5.82 Å². The Balaban J connectivity index is 1.38. The molecule has 1 aromatic carbocycles. The lowest BCUT2D eigenvalue weighted by Crippen LogP contribution is -2.47. The maximum atomic E-state index is 12.8. The number of likely N-dealkylation sites (tertiary alicyclic amines) is 1. The van der Waals surface area contributed by atoms with Crippen molar-refractivity contribution in [1.82, 2.24) is 9.88 Å². The Bertz CT molecular complexity index is 856. The number of rotatable bonds is 3. The SMILES string of the molecule is Cc1cccc(N2CCN(c3ccc(C(=O)N4CCCC(C)C4)cn3)CC2)c1C. The van der Waals surface area contributed by atoms with E-state index in [-0.39, 0.29) is 5.91 Å². The molecule has 2 fully saturated rings. The number of piperazine rings is 1. The number of carbonyl (C=O) groups excluding carboxylic acids is 1. The summed E-state index contributed by atoms with van der Waals surface area (Å²) >= 11 is 0. The van der Waals surface area contributed by atoms with Crippen LogP contribution in [0.1, 0.15) is 41.3 Å². The molecule has 0 spiro atoms. The van der Waals surface area contributed by atoms with Crippen LogP contribution >= 0.6 is 0 Å². The molecule has 4 rings (SSSR count). The highest BCUT2D eigenvalue weighted by molar-refractivity contribution is 5.94. The highest BCUT2D eigenvalue weighted by Crippen LogP contribution is 2.25. The summed E-state index contributed by atoms with van der Waals surface area (Å²) in [6.07, 6.45) is 4.08. The molecule has 2 aliphatic rings. The van der Waals surface area contributed by atoms with E-state index in [2.05, 4.69) is 53.8 Å². The quantitative estimate of drug-likeness (QED) is 0.794. The van der Waals surface area contributed by atoms with E-state index in [0.717, 1.165) is 51.5 Å². The van der Waals surface area contributed by atoms with Crippen LogP contribution in [0.2, 0.25) is 0 Å². The monoisotopic (exact) mass is 392 g/mol. The lowest BCUT2D eigenvalue weighted by molar-refractivity contribution is 0.0682. The van der Waals surface area contributed by atoms with Crippen LogP contribution in [-0.2, 0) is 0 Å². The van der Waals surface area contributed by atoms with Gasteiger partial charge in [-0.1, -0.05) is 19.1 Å². The normalized spacial score (nSPS) is 20.1. The highest BCUT2D eigenvalue weighted by atomic mass is 16.2. The number of hydrogen-bond acceptors (Lipinski definition) is 4. The van der Waals surface area contributed by atoms with Gasteiger partial charge in [-0.25, -0.2) is 4.98 Å². The van der Waals surface area contributed by atoms with Gasteiger partial charge in [-0.05, 0) is 61.9 Å². The third-order valence-electron chi connectivity index (χ3n) is 6.46. The molecule has 154 valence electrons. The zero-order chi connectivity index (χ0) is 20.4. The lowest BCUT2D eigenvalue weighted by atomic mass is 10.00. The van der Waals surface area contributed by atoms with E-state index in [1.165, 1.54) is 23.2 Å². The van der Waals surface area contributed by atoms with Crippen molar-refractivity contribution in [3.05, 3.63) is 53.2 Å². The minimum Gasteiger partial charge on any atom is -0.368 e. The summed E-state index contributed by atoms with van der Waals surface area (Å²) in [7, 11) is 0. The fourth-order valence-electron chi connectivity index (χ4n) is 4.51. The van der Waals surface area contributed by atoms with Gasteiger partial charge in [0, 0.05) is 51.2 Å². The molecule has 5 heteroatoms. The van der Waals surface area contributed by atoms with Crippen molar-refractivity contribution in [2.75, 3.05) is 49.1 Å². The molecule has 1 aromatic heterocycles. The van der Waals surface area contributed by atoms with E-state index < -0.39 is 0 Å². The smallest absolute Gasteiger partial charge is 0.255 e. The topological polar surface area (TPSA) is 39.7 Å². The molecule has 0 aliphatic carbocycles. The third-order valence-corrected chi connectivity index (χ3v) is 6.46. The number of hydrogen-bond donors (Lipinski definition) is 0. The summed E-state index contributed by atoms with van der Waals surface area (Å²) in [5, 5.41) is 0. The summed E-state index contributed by atoms with van der Waals surface area (Å²) in [5.41, 5.74) is 4.76. The number of benzene rings is 1. The first-order chi connectivity index (χ1) is 14.0. The van der Waals surface area contributed by atoms with Gasteiger partial charge >= 0.3 is 0 Å². The van der Waals surface area contributed by atoms with Crippen LogP contribution in [0.4, 0.5) is 11.5 Å². The molecular formula is C24H32N4O. The van der Waals surface area contributed by atoms with Gasteiger partial charge in [-0.15, -0.1) is 0 Å². The van der Waals surface area contributed by atoms with E-state index in [4.69, 9.17) is 0 Å². The summed E-state index contributed by atoms with van der Waals surface area (Å²) in [4.78, 5) is 24.1. The molecule has 1 amide bonds. The van der Waals surface area contributed by atoms with Gasteiger partial charge < -0.3 is 14.7 Å². The summed E-state index contributed by atoms with van der Waals surface area (Å²) in [5.74, 6) is 1.68. The van der Waals surface area contributed by atoms with Gasteiger partial charge in [0.2, 0.25) is 0 Å².